The summed E-state index contributed by atoms with van der Waals surface area (Å²) in [5.74, 6) is 0. The summed E-state index contributed by atoms with van der Waals surface area (Å²) < 4.78 is 51.7. The summed E-state index contributed by atoms with van der Waals surface area (Å²) >= 11 is 0. The quantitative estimate of drug-likeness (QED) is 0.381. The van der Waals surface area contributed by atoms with Crippen molar-refractivity contribution in [2.24, 2.45) is 0 Å². The third kappa shape index (κ3) is 1250. The molecule has 9 heteroatoms. The van der Waals surface area contributed by atoms with Gasteiger partial charge in [0.2, 0.25) is 0 Å². The van der Waals surface area contributed by atoms with Gasteiger partial charge in [0, 0.05) is 29.6 Å². The first-order valence-corrected chi connectivity index (χ1v) is 5.54. The van der Waals surface area contributed by atoms with Crippen molar-refractivity contribution < 1.29 is 25.9 Å². The number of rotatable bonds is 0. The van der Waals surface area contributed by atoms with Gasteiger partial charge in [-0.25, -0.2) is 0 Å². The smallest absolute Gasteiger partial charge is 0.261 e. The predicted octanol–water partition coefficient (Wildman–Crippen LogP) is -1.37. The fourth-order valence-electron chi connectivity index (χ4n) is 0. The van der Waals surface area contributed by atoms with Gasteiger partial charge in [0.1, 0.15) is 0 Å². The number of hydrogen-bond acceptors (Lipinski definition) is 4. The fraction of sp³-hybridized carbons (Fsp3) is 1.00. The first-order valence-electron chi connectivity index (χ1n) is 1.85. The van der Waals surface area contributed by atoms with Gasteiger partial charge in [0.25, 0.3) is 20.2 Å². The molecule has 1 radical (unpaired) electrons. The summed E-state index contributed by atoms with van der Waals surface area (Å²) in [6.07, 6.45) is 1.43. The van der Waals surface area contributed by atoms with E-state index in [4.69, 9.17) is 9.11 Å². The zero-order valence-corrected chi connectivity index (χ0v) is 9.98. The molecule has 0 heterocycles. The second-order valence-corrected chi connectivity index (χ2v) is 4.40. The van der Waals surface area contributed by atoms with Crippen molar-refractivity contribution in [2.45, 2.75) is 0 Å². The van der Waals surface area contributed by atoms with Crippen LogP contribution in [0.5, 0.6) is 0 Å². The molecule has 6 nitrogen and oxygen atoms in total. The predicted molar refractivity (Wildman–Crippen MR) is 40.7 cm³/mol. The minimum Gasteiger partial charge on any atom is -0.286 e. The van der Waals surface area contributed by atoms with Gasteiger partial charge < -0.3 is 0 Å². The van der Waals surface area contributed by atoms with Crippen LogP contribution in [-0.2, 0) is 20.2 Å². The van der Waals surface area contributed by atoms with E-state index >= 15 is 0 Å². The van der Waals surface area contributed by atoms with Crippen LogP contribution in [0.1, 0.15) is 0 Å². The molecule has 0 rings (SSSR count). The molecule has 0 spiro atoms. The minimum atomic E-state index is -3.67. The minimum absolute atomic E-state index is 0. The van der Waals surface area contributed by atoms with E-state index in [2.05, 4.69) is 0 Å². The molecule has 0 atom stereocenters. The van der Waals surface area contributed by atoms with Crippen LogP contribution in [-0.4, -0.2) is 68.0 Å². The normalized spacial score (nSPS) is 10.5. The van der Waals surface area contributed by atoms with Gasteiger partial charge in [0.05, 0.1) is 12.5 Å². The van der Waals surface area contributed by atoms with E-state index < -0.39 is 20.2 Å². The van der Waals surface area contributed by atoms with Gasteiger partial charge >= 0.3 is 0 Å². The second-order valence-electron chi connectivity index (χ2n) is 1.47. The molecule has 0 fully saturated rings. The van der Waals surface area contributed by atoms with Gasteiger partial charge in [-0.2, -0.15) is 16.8 Å². The zero-order chi connectivity index (χ0) is 9.00. The van der Waals surface area contributed by atoms with Gasteiger partial charge in [-0.1, -0.05) is 0 Å². The molecule has 0 aromatic rings. The molecule has 0 unspecified atom stereocenters. The Hall–Kier alpha value is 0.820. The van der Waals surface area contributed by atoms with Crippen molar-refractivity contribution in [3.63, 3.8) is 0 Å². The van der Waals surface area contributed by atoms with Gasteiger partial charge in [-0.15, -0.1) is 0 Å². The molecular weight excluding hydrogens is 207 g/mol. The standard InChI is InChI=1S/2CH4O3S.Na/c2*1-5(2,3)4;/h2*1H3,(H,2,3,4);. The maximum absolute atomic E-state index is 9.19. The largest absolute Gasteiger partial charge is 0.286 e. The van der Waals surface area contributed by atoms with Crippen LogP contribution in [0, 0.1) is 0 Å². The molecule has 0 amide bonds. The average Bonchev–Trinajstić information content (AvgIpc) is 1.12. The Morgan fingerprint density at radius 2 is 0.818 bits per heavy atom. The summed E-state index contributed by atoms with van der Waals surface area (Å²) in [6.45, 7) is 0. The van der Waals surface area contributed by atoms with Crippen LogP contribution < -0.4 is 0 Å². The summed E-state index contributed by atoms with van der Waals surface area (Å²) in [6, 6.07) is 0. The van der Waals surface area contributed by atoms with Crippen LogP contribution in [0.3, 0.4) is 0 Å². The van der Waals surface area contributed by atoms with Crippen LogP contribution in [0.2, 0.25) is 0 Å². The topological polar surface area (TPSA) is 109 Å². The van der Waals surface area contributed by atoms with Gasteiger partial charge in [0.15, 0.2) is 0 Å². The molecule has 65 valence electrons. The van der Waals surface area contributed by atoms with Crippen molar-refractivity contribution in [2.75, 3.05) is 12.5 Å². The van der Waals surface area contributed by atoms with Crippen molar-refractivity contribution in [1.29, 1.82) is 0 Å². The van der Waals surface area contributed by atoms with Crippen LogP contribution >= 0.6 is 0 Å². The van der Waals surface area contributed by atoms with Gasteiger partial charge in [-0.05, 0) is 0 Å². The van der Waals surface area contributed by atoms with E-state index in [1.54, 1.807) is 0 Å². The fourth-order valence-corrected chi connectivity index (χ4v) is 0. The molecule has 0 saturated heterocycles. The number of hydrogen-bond donors (Lipinski definition) is 2. The summed E-state index contributed by atoms with van der Waals surface area (Å²) in [5.41, 5.74) is 0. The van der Waals surface area contributed by atoms with E-state index in [-0.39, 0.29) is 29.6 Å². The van der Waals surface area contributed by atoms with Crippen molar-refractivity contribution in [3.8, 4) is 0 Å². The molecule has 0 bridgehead atoms. The maximum Gasteiger partial charge on any atom is 0.261 e. The summed E-state index contributed by atoms with van der Waals surface area (Å²) in [4.78, 5) is 0. The first kappa shape index (κ1) is 17.8. The third-order valence-corrected chi connectivity index (χ3v) is 0. The van der Waals surface area contributed by atoms with E-state index in [1.165, 1.54) is 0 Å². The second kappa shape index (κ2) is 6.35. The Kier molecular flexibility index (Phi) is 10.3. The Morgan fingerprint density at radius 1 is 0.818 bits per heavy atom. The SMILES string of the molecule is CS(=O)(=O)O.CS(=O)(=O)O.[Na]. The maximum atomic E-state index is 9.19. The molecule has 0 aliphatic rings. The Bertz CT molecular complexity index is 215. The Balaban J connectivity index is -0.000000107. The molecule has 11 heavy (non-hydrogen) atoms. The van der Waals surface area contributed by atoms with Crippen LogP contribution in [0.4, 0.5) is 0 Å². The summed E-state index contributed by atoms with van der Waals surface area (Å²) in [5, 5.41) is 0. The average molecular weight is 215 g/mol. The monoisotopic (exact) mass is 215 g/mol. The molecule has 0 saturated carbocycles. The molecule has 2 N–H and O–H groups in total. The van der Waals surface area contributed by atoms with Crippen molar-refractivity contribution in [3.05, 3.63) is 0 Å². The van der Waals surface area contributed by atoms with E-state index in [9.17, 15) is 16.8 Å². The Morgan fingerprint density at radius 3 is 0.818 bits per heavy atom. The van der Waals surface area contributed by atoms with Gasteiger partial charge in [-0.3, -0.25) is 9.11 Å². The summed E-state index contributed by atoms with van der Waals surface area (Å²) in [7, 11) is -7.33. The third-order valence-electron chi connectivity index (χ3n) is 0. The molecular formula is C2H8NaO6S2. The molecule has 0 aliphatic carbocycles. The van der Waals surface area contributed by atoms with Crippen molar-refractivity contribution in [1.82, 2.24) is 0 Å². The first-order chi connectivity index (χ1) is 4.00. The molecule has 0 aliphatic heterocycles. The van der Waals surface area contributed by atoms with E-state index in [0.717, 1.165) is 0 Å². The van der Waals surface area contributed by atoms with E-state index in [1.807, 2.05) is 0 Å². The van der Waals surface area contributed by atoms with Crippen LogP contribution in [0.25, 0.3) is 0 Å². The molecule has 0 aromatic carbocycles. The zero-order valence-electron chi connectivity index (χ0n) is 6.34. The van der Waals surface area contributed by atoms with Crippen molar-refractivity contribution >= 4 is 49.8 Å². The molecule has 0 aromatic heterocycles. The van der Waals surface area contributed by atoms with E-state index in [0.29, 0.717) is 12.5 Å². The Labute approximate surface area is 87.8 Å². The van der Waals surface area contributed by atoms with Crippen LogP contribution in [0.15, 0.2) is 0 Å².